The van der Waals surface area contributed by atoms with Gasteiger partial charge in [-0.3, -0.25) is 4.79 Å². The third-order valence-electron chi connectivity index (χ3n) is 4.78. The van der Waals surface area contributed by atoms with E-state index >= 15 is 0 Å². The molecule has 156 valence electrons. The van der Waals surface area contributed by atoms with E-state index in [1.54, 1.807) is 0 Å². The number of nitrogens with zero attached hydrogens (tertiary/aromatic N) is 3. The first-order valence-electron chi connectivity index (χ1n) is 8.93. The smallest absolute Gasteiger partial charge is 0.338 e. The van der Waals surface area contributed by atoms with Crippen molar-refractivity contribution in [3.8, 4) is 11.5 Å². The van der Waals surface area contributed by atoms with Crippen LogP contribution in [0.25, 0.3) is 11.5 Å². The minimum absolute atomic E-state index is 0.0353. The average Bonchev–Trinajstić information content (AvgIpc) is 3.28. The Balaban J connectivity index is 1.47. The third kappa shape index (κ3) is 4.17. The van der Waals surface area contributed by atoms with Crippen molar-refractivity contribution in [1.29, 1.82) is 0 Å². The zero-order valence-electron chi connectivity index (χ0n) is 15.3. The number of alkyl halides is 3. The molecule has 5 nitrogen and oxygen atoms in total. The Hall–Kier alpha value is -3.30. The lowest BCUT2D eigenvalue weighted by Crippen LogP contribution is -2.24. The molecule has 0 radical (unpaired) electrons. The van der Waals surface area contributed by atoms with E-state index in [-0.39, 0.29) is 37.1 Å². The van der Waals surface area contributed by atoms with Crippen LogP contribution < -0.4 is 0 Å². The van der Waals surface area contributed by atoms with Crippen molar-refractivity contribution < 1.29 is 31.3 Å². The Kier molecular flexibility index (Phi) is 5.00. The number of hydrogen-bond donors (Lipinski definition) is 0. The molecular weight excluding hydrogens is 409 g/mol. The molecule has 1 amide bonds. The standard InChI is InChI=1S/C20H14F5N3O2/c21-15-5-11(6-16(22)8-15)9-28-10-13(7-17(28)29)18-26-19(30-27-18)12-1-3-14(4-2-12)20(23,24)25/h1-6,8,13H,7,9-10H2. The van der Waals surface area contributed by atoms with Crippen LogP contribution in [0.15, 0.2) is 47.0 Å². The van der Waals surface area contributed by atoms with Gasteiger partial charge in [0.1, 0.15) is 11.6 Å². The first-order valence-corrected chi connectivity index (χ1v) is 8.93. The molecular formula is C20H14F5N3O2. The van der Waals surface area contributed by atoms with Crippen molar-refractivity contribution in [3.05, 3.63) is 71.1 Å². The molecule has 1 unspecified atom stereocenters. The number of likely N-dealkylation sites (tertiary alicyclic amines) is 1. The van der Waals surface area contributed by atoms with Gasteiger partial charge in [-0.25, -0.2) is 8.78 Å². The Morgan fingerprint density at radius 3 is 2.37 bits per heavy atom. The Bertz CT molecular complexity index is 1060. The van der Waals surface area contributed by atoms with Crippen LogP contribution in [0, 0.1) is 11.6 Å². The SMILES string of the molecule is O=C1CC(c2noc(-c3ccc(C(F)(F)F)cc3)n2)CN1Cc1cc(F)cc(F)c1. The van der Waals surface area contributed by atoms with Crippen LogP contribution in [0.4, 0.5) is 22.0 Å². The molecule has 0 N–H and O–H groups in total. The van der Waals surface area contributed by atoms with Gasteiger partial charge in [-0.1, -0.05) is 5.16 Å². The number of hydrogen-bond acceptors (Lipinski definition) is 4. The van der Waals surface area contributed by atoms with Crippen molar-refractivity contribution in [2.75, 3.05) is 6.54 Å². The summed E-state index contributed by atoms with van der Waals surface area (Å²) in [5, 5.41) is 3.84. The minimum Gasteiger partial charge on any atom is -0.338 e. The highest BCUT2D eigenvalue weighted by Crippen LogP contribution is 2.32. The fraction of sp³-hybridized carbons (Fsp3) is 0.250. The highest BCUT2D eigenvalue weighted by atomic mass is 19.4. The number of amides is 1. The van der Waals surface area contributed by atoms with Gasteiger partial charge in [0.25, 0.3) is 5.89 Å². The van der Waals surface area contributed by atoms with Crippen LogP contribution in [-0.2, 0) is 17.5 Å². The summed E-state index contributed by atoms with van der Waals surface area (Å²) >= 11 is 0. The molecule has 4 rings (SSSR count). The summed E-state index contributed by atoms with van der Waals surface area (Å²) in [6.07, 6.45) is -4.36. The maximum atomic E-state index is 13.4. The Morgan fingerprint density at radius 2 is 1.73 bits per heavy atom. The summed E-state index contributed by atoms with van der Waals surface area (Å²) < 4.78 is 69.9. The van der Waals surface area contributed by atoms with E-state index in [1.165, 1.54) is 17.0 Å². The summed E-state index contributed by atoms with van der Waals surface area (Å²) in [5.74, 6) is -1.81. The summed E-state index contributed by atoms with van der Waals surface area (Å²) in [6.45, 7) is 0.260. The monoisotopic (exact) mass is 423 g/mol. The number of carbonyl (C=O) groups is 1. The minimum atomic E-state index is -4.45. The fourth-order valence-electron chi connectivity index (χ4n) is 3.34. The molecule has 1 aliphatic heterocycles. The second kappa shape index (κ2) is 7.51. The highest BCUT2D eigenvalue weighted by molar-refractivity contribution is 5.79. The van der Waals surface area contributed by atoms with Gasteiger partial charge in [-0.2, -0.15) is 18.2 Å². The second-order valence-corrected chi connectivity index (χ2v) is 6.99. The third-order valence-corrected chi connectivity index (χ3v) is 4.78. The van der Waals surface area contributed by atoms with Gasteiger partial charge >= 0.3 is 6.18 Å². The molecule has 0 bridgehead atoms. The second-order valence-electron chi connectivity index (χ2n) is 6.99. The maximum Gasteiger partial charge on any atom is 0.416 e. The fourth-order valence-corrected chi connectivity index (χ4v) is 3.34. The van der Waals surface area contributed by atoms with Crippen LogP contribution in [0.2, 0.25) is 0 Å². The first-order chi connectivity index (χ1) is 14.2. The van der Waals surface area contributed by atoms with E-state index in [9.17, 15) is 26.7 Å². The summed E-state index contributed by atoms with van der Waals surface area (Å²) in [6, 6.07) is 7.34. The van der Waals surface area contributed by atoms with Gasteiger partial charge < -0.3 is 9.42 Å². The topological polar surface area (TPSA) is 59.2 Å². The van der Waals surface area contributed by atoms with Gasteiger partial charge in [0.2, 0.25) is 5.91 Å². The predicted octanol–water partition coefficient (Wildman–Crippen LogP) is 4.55. The largest absolute Gasteiger partial charge is 0.416 e. The lowest BCUT2D eigenvalue weighted by Gasteiger charge is -2.16. The van der Waals surface area contributed by atoms with Crippen LogP contribution in [-0.4, -0.2) is 27.5 Å². The predicted molar refractivity (Wildman–Crippen MR) is 93.9 cm³/mol. The molecule has 0 aliphatic carbocycles. The number of rotatable bonds is 4. The molecule has 1 aromatic heterocycles. The van der Waals surface area contributed by atoms with Gasteiger partial charge in [-0.05, 0) is 42.0 Å². The summed E-state index contributed by atoms with van der Waals surface area (Å²) in [7, 11) is 0. The molecule has 0 saturated carbocycles. The Labute approximate surface area is 167 Å². The maximum absolute atomic E-state index is 13.4. The van der Waals surface area contributed by atoms with Crippen molar-refractivity contribution in [2.45, 2.75) is 25.1 Å². The van der Waals surface area contributed by atoms with Gasteiger partial charge in [0.05, 0.1) is 5.56 Å². The molecule has 1 atom stereocenters. The number of halogens is 5. The molecule has 1 fully saturated rings. The van der Waals surface area contributed by atoms with Crippen LogP contribution >= 0.6 is 0 Å². The molecule has 2 heterocycles. The zero-order chi connectivity index (χ0) is 21.5. The van der Waals surface area contributed by atoms with Crippen molar-refractivity contribution in [2.24, 2.45) is 0 Å². The summed E-state index contributed by atoms with van der Waals surface area (Å²) in [5.41, 5.74) is -0.157. The van der Waals surface area contributed by atoms with Crippen LogP contribution in [0.5, 0.6) is 0 Å². The van der Waals surface area contributed by atoms with Gasteiger partial charge in [0, 0.05) is 37.1 Å². The molecule has 1 saturated heterocycles. The van der Waals surface area contributed by atoms with E-state index in [2.05, 4.69) is 10.1 Å². The molecule has 3 aromatic rings. The number of benzene rings is 2. The molecule has 1 aliphatic rings. The van der Waals surface area contributed by atoms with E-state index in [0.29, 0.717) is 11.1 Å². The molecule has 10 heteroatoms. The lowest BCUT2D eigenvalue weighted by atomic mass is 10.1. The summed E-state index contributed by atoms with van der Waals surface area (Å²) in [4.78, 5) is 17.9. The quantitative estimate of drug-likeness (QED) is 0.578. The molecule has 2 aromatic carbocycles. The van der Waals surface area contributed by atoms with Gasteiger partial charge in [0.15, 0.2) is 5.82 Å². The first kappa shape index (κ1) is 20.0. The molecule has 0 spiro atoms. The van der Waals surface area contributed by atoms with Gasteiger partial charge in [-0.15, -0.1) is 0 Å². The van der Waals surface area contributed by atoms with E-state index in [1.807, 2.05) is 0 Å². The van der Waals surface area contributed by atoms with Crippen molar-refractivity contribution in [3.63, 3.8) is 0 Å². The Morgan fingerprint density at radius 1 is 1.07 bits per heavy atom. The van der Waals surface area contributed by atoms with Crippen LogP contribution in [0.3, 0.4) is 0 Å². The van der Waals surface area contributed by atoms with E-state index < -0.39 is 29.3 Å². The van der Waals surface area contributed by atoms with Crippen LogP contribution in [0.1, 0.15) is 29.3 Å². The number of aromatic nitrogens is 2. The lowest BCUT2D eigenvalue weighted by molar-refractivity contribution is -0.137. The zero-order valence-corrected chi connectivity index (χ0v) is 15.3. The average molecular weight is 423 g/mol. The van der Waals surface area contributed by atoms with E-state index in [4.69, 9.17) is 4.52 Å². The normalized spacial score (nSPS) is 17.0. The van der Waals surface area contributed by atoms with Crippen molar-refractivity contribution in [1.82, 2.24) is 15.0 Å². The van der Waals surface area contributed by atoms with Crippen molar-refractivity contribution >= 4 is 5.91 Å². The highest BCUT2D eigenvalue weighted by Gasteiger charge is 2.34. The number of carbonyl (C=O) groups excluding carboxylic acids is 1. The molecule has 30 heavy (non-hydrogen) atoms. The van der Waals surface area contributed by atoms with E-state index in [0.717, 1.165) is 30.3 Å².